The zero-order valence-corrected chi connectivity index (χ0v) is 22.0. The summed E-state index contributed by atoms with van der Waals surface area (Å²) in [6.07, 6.45) is 2.73. The molecule has 2 heterocycles. The first-order valence-corrected chi connectivity index (χ1v) is 13.9. The van der Waals surface area contributed by atoms with E-state index >= 15 is 0 Å². The number of esters is 1. The third-order valence-corrected chi connectivity index (χ3v) is 8.52. The Morgan fingerprint density at radius 2 is 1.72 bits per heavy atom. The van der Waals surface area contributed by atoms with Crippen molar-refractivity contribution in [3.05, 3.63) is 95.8 Å². The molecule has 0 N–H and O–H groups in total. The molecular formula is C29H26FN3O5S. The average Bonchev–Trinajstić information content (AvgIpc) is 3.23. The van der Waals surface area contributed by atoms with Crippen LogP contribution in [0.3, 0.4) is 0 Å². The number of piperidine rings is 1. The van der Waals surface area contributed by atoms with E-state index in [4.69, 9.17) is 4.74 Å². The SMILES string of the molecule is CC1=NN(c2ccccc2)C(=O)/C1=C\c1ccc(OC(=O)C2CCCN(S(=O)(=O)c3ccc(F)cc3)C2)cc1. The average molecular weight is 548 g/mol. The Hall–Kier alpha value is -4.15. The standard InChI is InChI=1S/C29H26FN3O5S/c1-20-27(28(34)33(31-20)24-7-3-2-4-8-24)18-21-9-13-25(14-10-21)38-29(35)22-6-5-17-32(19-22)39(36,37)26-15-11-23(30)12-16-26/h2-4,7-16,18,22H,5-6,17,19H2,1H3/b27-18-. The zero-order chi connectivity index (χ0) is 27.6. The molecule has 1 saturated heterocycles. The lowest BCUT2D eigenvalue weighted by atomic mass is 10.00. The van der Waals surface area contributed by atoms with Gasteiger partial charge in [0, 0.05) is 13.1 Å². The van der Waals surface area contributed by atoms with Crippen LogP contribution in [0.25, 0.3) is 6.08 Å². The molecule has 3 aromatic rings. The van der Waals surface area contributed by atoms with Gasteiger partial charge in [0.15, 0.2) is 0 Å². The van der Waals surface area contributed by atoms with Crippen molar-refractivity contribution in [2.75, 3.05) is 18.1 Å². The second kappa shape index (κ2) is 10.9. The largest absolute Gasteiger partial charge is 0.426 e. The van der Waals surface area contributed by atoms with Gasteiger partial charge in [-0.25, -0.2) is 12.8 Å². The molecule has 39 heavy (non-hydrogen) atoms. The van der Waals surface area contributed by atoms with Gasteiger partial charge in [-0.15, -0.1) is 0 Å². The van der Waals surface area contributed by atoms with E-state index in [1.165, 1.54) is 21.4 Å². The van der Waals surface area contributed by atoms with Crippen molar-refractivity contribution in [3.8, 4) is 5.75 Å². The van der Waals surface area contributed by atoms with Crippen molar-refractivity contribution in [3.63, 3.8) is 0 Å². The van der Waals surface area contributed by atoms with E-state index in [0.717, 1.165) is 17.7 Å². The molecule has 5 rings (SSSR count). The van der Waals surface area contributed by atoms with E-state index in [2.05, 4.69) is 5.10 Å². The minimum Gasteiger partial charge on any atom is -0.426 e. The van der Waals surface area contributed by atoms with Gasteiger partial charge in [-0.05, 0) is 79.9 Å². The molecule has 0 spiro atoms. The highest BCUT2D eigenvalue weighted by Crippen LogP contribution is 2.27. The summed E-state index contributed by atoms with van der Waals surface area (Å²) in [4.78, 5) is 25.8. The molecule has 2 aliphatic heterocycles. The minimum atomic E-state index is -3.85. The first-order chi connectivity index (χ1) is 18.7. The van der Waals surface area contributed by atoms with Crippen LogP contribution in [0.15, 0.2) is 94.4 Å². The number of nitrogens with zero attached hydrogens (tertiary/aromatic N) is 3. The van der Waals surface area contributed by atoms with Crippen molar-refractivity contribution in [2.24, 2.45) is 11.0 Å². The summed E-state index contributed by atoms with van der Waals surface area (Å²) in [5, 5.41) is 5.73. The second-order valence-electron chi connectivity index (χ2n) is 9.34. The number of carbonyl (C=O) groups is 2. The topological polar surface area (TPSA) is 96.3 Å². The number of anilines is 1. The van der Waals surface area contributed by atoms with Gasteiger partial charge in [-0.3, -0.25) is 9.59 Å². The van der Waals surface area contributed by atoms with Gasteiger partial charge >= 0.3 is 5.97 Å². The number of ether oxygens (including phenoxy) is 1. The van der Waals surface area contributed by atoms with Crippen molar-refractivity contribution in [2.45, 2.75) is 24.7 Å². The molecule has 0 aromatic heterocycles. The highest BCUT2D eigenvalue weighted by atomic mass is 32.2. The molecule has 1 unspecified atom stereocenters. The first kappa shape index (κ1) is 26.5. The molecule has 10 heteroatoms. The first-order valence-electron chi connectivity index (χ1n) is 12.5. The number of hydrazone groups is 1. The number of hydrogen-bond donors (Lipinski definition) is 0. The predicted molar refractivity (Wildman–Crippen MR) is 145 cm³/mol. The molecule has 3 aromatic carbocycles. The lowest BCUT2D eigenvalue weighted by molar-refractivity contribution is -0.140. The lowest BCUT2D eigenvalue weighted by Crippen LogP contribution is -2.43. The summed E-state index contributed by atoms with van der Waals surface area (Å²) < 4.78 is 46.0. The van der Waals surface area contributed by atoms with Gasteiger partial charge in [0.25, 0.3) is 5.91 Å². The summed E-state index contributed by atoms with van der Waals surface area (Å²) in [7, 11) is -3.85. The van der Waals surface area contributed by atoms with Crippen molar-refractivity contribution in [1.29, 1.82) is 0 Å². The Morgan fingerprint density at radius 3 is 2.41 bits per heavy atom. The summed E-state index contributed by atoms with van der Waals surface area (Å²) in [5.74, 6) is -1.59. The van der Waals surface area contributed by atoms with Gasteiger partial charge in [-0.2, -0.15) is 14.4 Å². The fourth-order valence-electron chi connectivity index (χ4n) is 4.54. The lowest BCUT2D eigenvalue weighted by Gasteiger charge is -2.30. The maximum Gasteiger partial charge on any atom is 0.315 e. The van der Waals surface area contributed by atoms with Gasteiger partial charge in [-0.1, -0.05) is 30.3 Å². The maximum absolute atomic E-state index is 13.2. The summed E-state index contributed by atoms with van der Waals surface area (Å²) in [6.45, 7) is 2.03. The molecule has 0 bridgehead atoms. The van der Waals surface area contributed by atoms with Crippen molar-refractivity contribution < 1.29 is 27.1 Å². The summed E-state index contributed by atoms with van der Waals surface area (Å²) in [6, 6.07) is 20.5. The monoisotopic (exact) mass is 547 g/mol. The molecular weight excluding hydrogens is 521 g/mol. The van der Waals surface area contributed by atoms with E-state index in [-0.39, 0.29) is 23.9 Å². The summed E-state index contributed by atoms with van der Waals surface area (Å²) >= 11 is 0. The molecule has 1 fully saturated rings. The second-order valence-corrected chi connectivity index (χ2v) is 11.3. The van der Waals surface area contributed by atoms with Crippen LogP contribution in [0.1, 0.15) is 25.3 Å². The van der Waals surface area contributed by atoms with Crippen molar-refractivity contribution in [1.82, 2.24) is 4.31 Å². The number of rotatable bonds is 6. The number of halogens is 1. The van der Waals surface area contributed by atoms with Crippen LogP contribution >= 0.6 is 0 Å². The number of hydrogen-bond acceptors (Lipinski definition) is 6. The molecule has 1 amide bonds. The molecule has 0 radical (unpaired) electrons. The Kier molecular flexibility index (Phi) is 7.40. The van der Waals surface area contributed by atoms with Crippen LogP contribution in [0.4, 0.5) is 10.1 Å². The summed E-state index contributed by atoms with van der Waals surface area (Å²) in [5.41, 5.74) is 2.47. The molecule has 2 aliphatic rings. The van der Waals surface area contributed by atoms with Crippen LogP contribution in [-0.4, -0.2) is 43.4 Å². The van der Waals surface area contributed by atoms with E-state index < -0.39 is 27.7 Å². The highest BCUT2D eigenvalue weighted by molar-refractivity contribution is 7.89. The molecule has 0 aliphatic carbocycles. The molecule has 8 nitrogen and oxygen atoms in total. The van der Waals surface area contributed by atoms with E-state index in [0.29, 0.717) is 35.6 Å². The van der Waals surface area contributed by atoms with Crippen molar-refractivity contribution >= 4 is 39.4 Å². The number of sulfonamides is 1. The Balaban J connectivity index is 1.23. The number of benzene rings is 3. The number of amides is 1. The van der Waals surface area contributed by atoms with E-state index in [1.54, 1.807) is 37.3 Å². The van der Waals surface area contributed by atoms with Gasteiger partial charge in [0.1, 0.15) is 11.6 Å². The van der Waals surface area contributed by atoms with E-state index in [1.807, 2.05) is 30.3 Å². The van der Waals surface area contributed by atoms with Gasteiger partial charge < -0.3 is 4.74 Å². The van der Waals surface area contributed by atoms with E-state index in [9.17, 15) is 22.4 Å². The maximum atomic E-state index is 13.2. The Morgan fingerprint density at radius 1 is 1.03 bits per heavy atom. The molecule has 1 atom stereocenters. The molecule has 200 valence electrons. The van der Waals surface area contributed by atoms with Crippen LogP contribution in [-0.2, 0) is 19.6 Å². The normalized spacial score (nSPS) is 19.3. The third-order valence-electron chi connectivity index (χ3n) is 6.64. The Labute approximate surface area is 226 Å². The third kappa shape index (κ3) is 5.67. The van der Waals surface area contributed by atoms with Crippen LogP contribution < -0.4 is 9.75 Å². The molecule has 0 saturated carbocycles. The highest BCUT2D eigenvalue weighted by Gasteiger charge is 2.34. The predicted octanol–water partition coefficient (Wildman–Crippen LogP) is 4.64. The Bertz CT molecular complexity index is 1550. The fraction of sp³-hybridized carbons (Fsp3) is 0.207. The van der Waals surface area contributed by atoms with Gasteiger partial charge in [0.05, 0.1) is 27.8 Å². The van der Waals surface area contributed by atoms with Crippen LogP contribution in [0.2, 0.25) is 0 Å². The van der Waals surface area contributed by atoms with Crippen LogP contribution in [0.5, 0.6) is 5.75 Å². The minimum absolute atomic E-state index is 0.0125. The fourth-order valence-corrected chi connectivity index (χ4v) is 6.06. The number of carbonyl (C=O) groups excluding carboxylic acids is 2. The number of para-hydroxylation sites is 1. The smallest absolute Gasteiger partial charge is 0.315 e. The van der Waals surface area contributed by atoms with Crippen LogP contribution in [0, 0.1) is 11.7 Å². The quantitative estimate of drug-likeness (QED) is 0.255. The van der Waals surface area contributed by atoms with Gasteiger partial charge in [0.2, 0.25) is 10.0 Å². The zero-order valence-electron chi connectivity index (χ0n) is 21.2.